The van der Waals surface area contributed by atoms with Crippen LogP contribution in [0.5, 0.6) is 5.75 Å². The Hall–Kier alpha value is -3.73. The van der Waals surface area contributed by atoms with Crippen molar-refractivity contribution in [3.05, 3.63) is 82.5 Å². The SMILES string of the molecule is COc1ccc(NC(=O)OCc2ccc([C@H]3C[C@@]4(C)[C@@H](CC[C@@]4(O)C(F)(F)C(F)(F)F)[C@@H]4CCC5=CC(=O)CCC5=C43)cc2)cc1. The molecule has 246 valence electrons. The zero-order valence-electron chi connectivity index (χ0n) is 25.6. The number of anilines is 1. The highest BCUT2D eigenvalue weighted by molar-refractivity contribution is 5.93. The molecule has 5 atom stereocenters. The number of nitrogens with one attached hydrogen (secondary N) is 1. The van der Waals surface area contributed by atoms with Crippen molar-refractivity contribution in [2.75, 3.05) is 12.4 Å². The molecule has 6 nitrogen and oxygen atoms in total. The molecule has 0 saturated heterocycles. The smallest absolute Gasteiger partial charge is 0.456 e. The van der Waals surface area contributed by atoms with Gasteiger partial charge in [-0.15, -0.1) is 0 Å². The molecular weight excluding hydrogens is 609 g/mol. The van der Waals surface area contributed by atoms with Crippen LogP contribution >= 0.6 is 0 Å². The minimum absolute atomic E-state index is 0.0236. The summed E-state index contributed by atoms with van der Waals surface area (Å²) in [4.78, 5) is 24.6. The van der Waals surface area contributed by atoms with Gasteiger partial charge in [0.1, 0.15) is 18.0 Å². The number of ketones is 1. The van der Waals surface area contributed by atoms with Gasteiger partial charge in [0.2, 0.25) is 0 Å². The van der Waals surface area contributed by atoms with Gasteiger partial charge in [0.15, 0.2) is 5.78 Å². The van der Waals surface area contributed by atoms with E-state index in [2.05, 4.69) is 5.32 Å². The second-order valence-corrected chi connectivity index (χ2v) is 13.1. The van der Waals surface area contributed by atoms with Crippen LogP contribution in [0, 0.1) is 17.3 Å². The van der Waals surface area contributed by atoms with Crippen LogP contribution in [0.3, 0.4) is 0 Å². The van der Waals surface area contributed by atoms with Gasteiger partial charge in [-0.1, -0.05) is 36.8 Å². The maximum Gasteiger partial charge on any atom is 0.456 e. The van der Waals surface area contributed by atoms with Crippen LogP contribution in [0.1, 0.15) is 68.9 Å². The monoisotopic (exact) mass is 645 g/mol. The molecule has 2 N–H and O–H groups in total. The number of aliphatic hydroxyl groups is 1. The largest absolute Gasteiger partial charge is 0.497 e. The van der Waals surface area contributed by atoms with Crippen LogP contribution in [0.25, 0.3) is 0 Å². The minimum atomic E-state index is -5.90. The van der Waals surface area contributed by atoms with Crippen molar-refractivity contribution in [2.45, 2.75) is 82.1 Å². The van der Waals surface area contributed by atoms with Crippen molar-refractivity contribution >= 4 is 17.6 Å². The molecule has 4 aliphatic rings. The van der Waals surface area contributed by atoms with Crippen LogP contribution in [-0.2, 0) is 16.1 Å². The lowest BCUT2D eigenvalue weighted by Crippen LogP contribution is -2.65. The third-order valence-corrected chi connectivity index (χ3v) is 10.9. The average Bonchev–Trinajstić information content (AvgIpc) is 3.30. The summed E-state index contributed by atoms with van der Waals surface area (Å²) in [7, 11) is 1.53. The van der Waals surface area contributed by atoms with Crippen LogP contribution in [-0.4, -0.2) is 41.8 Å². The molecule has 2 saturated carbocycles. The van der Waals surface area contributed by atoms with E-state index in [0.29, 0.717) is 48.2 Å². The lowest BCUT2D eigenvalue weighted by atomic mass is 9.50. The van der Waals surface area contributed by atoms with Gasteiger partial charge in [0.05, 0.1) is 7.11 Å². The van der Waals surface area contributed by atoms with E-state index in [1.165, 1.54) is 14.0 Å². The number of benzene rings is 2. The Morgan fingerprint density at radius 1 is 1.00 bits per heavy atom. The number of fused-ring (bicyclic) bond motifs is 4. The van der Waals surface area contributed by atoms with Gasteiger partial charge < -0.3 is 14.6 Å². The number of hydrogen-bond donors (Lipinski definition) is 2. The van der Waals surface area contributed by atoms with E-state index in [-0.39, 0.29) is 31.1 Å². The molecule has 0 spiro atoms. The molecule has 0 heterocycles. The molecule has 2 fully saturated rings. The lowest BCUT2D eigenvalue weighted by Gasteiger charge is -2.56. The van der Waals surface area contributed by atoms with E-state index in [1.807, 2.05) is 0 Å². The maximum atomic E-state index is 15.2. The summed E-state index contributed by atoms with van der Waals surface area (Å²) in [6.45, 7) is 1.34. The number of amides is 1. The lowest BCUT2D eigenvalue weighted by molar-refractivity contribution is -0.362. The number of carbonyl (C=O) groups excluding carboxylic acids is 2. The van der Waals surface area contributed by atoms with Crippen molar-refractivity contribution < 1.29 is 46.1 Å². The van der Waals surface area contributed by atoms with Crippen molar-refractivity contribution in [1.29, 1.82) is 0 Å². The Morgan fingerprint density at radius 3 is 2.35 bits per heavy atom. The summed E-state index contributed by atoms with van der Waals surface area (Å²) in [5.74, 6) is -6.04. The summed E-state index contributed by atoms with van der Waals surface area (Å²) in [5.41, 5.74) is -0.198. The first-order valence-electron chi connectivity index (χ1n) is 15.5. The fourth-order valence-electron chi connectivity index (χ4n) is 8.54. The van der Waals surface area contributed by atoms with Crippen molar-refractivity contribution in [1.82, 2.24) is 0 Å². The number of rotatable bonds is 6. The van der Waals surface area contributed by atoms with Crippen molar-refractivity contribution in [3.63, 3.8) is 0 Å². The summed E-state index contributed by atoms with van der Waals surface area (Å²) in [5, 5.41) is 14.1. The van der Waals surface area contributed by atoms with E-state index in [4.69, 9.17) is 9.47 Å². The van der Waals surface area contributed by atoms with Crippen LogP contribution in [0.4, 0.5) is 32.4 Å². The minimum Gasteiger partial charge on any atom is -0.497 e. The van der Waals surface area contributed by atoms with Crippen LogP contribution in [0.2, 0.25) is 0 Å². The number of carbonyl (C=O) groups is 2. The predicted molar refractivity (Wildman–Crippen MR) is 159 cm³/mol. The topological polar surface area (TPSA) is 84.9 Å². The molecule has 2 aromatic carbocycles. The predicted octanol–water partition coefficient (Wildman–Crippen LogP) is 8.27. The molecule has 2 aromatic rings. The number of allylic oxidation sites excluding steroid dienone is 4. The van der Waals surface area contributed by atoms with Crippen molar-refractivity contribution in [2.24, 2.45) is 17.3 Å². The summed E-state index contributed by atoms with van der Waals surface area (Å²) < 4.78 is 82.2. The molecule has 0 aliphatic heterocycles. The first kappa shape index (κ1) is 32.2. The molecule has 0 bridgehead atoms. The highest BCUT2D eigenvalue weighted by Crippen LogP contribution is 2.70. The van der Waals surface area contributed by atoms with Gasteiger partial charge in [0, 0.05) is 23.4 Å². The first-order valence-corrected chi connectivity index (χ1v) is 15.5. The molecule has 0 radical (unpaired) electrons. The second kappa shape index (κ2) is 11.5. The van der Waals surface area contributed by atoms with Gasteiger partial charge >= 0.3 is 18.2 Å². The molecule has 6 rings (SSSR count). The zero-order chi connectivity index (χ0) is 33.1. The third kappa shape index (κ3) is 5.20. The van der Waals surface area contributed by atoms with Gasteiger partial charge in [-0.25, -0.2) is 4.79 Å². The van der Waals surface area contributed by atoms with Gasteiger partial charge in [-0.3, -0.25) is 10.1 Å². The molecule has 11 heteroatoms. The van der Waals surface area contributed by atoms with E-state index in [1.54, 1.807) is 54.6 Å². The van der Waals surface area contributed by atoms with Crippen LogP contribution < -0.4 is 10.1 Å². The summed E-state index contributed by atoms with van der Waals surface area (Å²) in [6.07, 6.45) is -3.76. The molecule has 46 heavy (non-hydrogen) atoms. The van der Waals surface area contributed by atoms with Crippen molar-refractivity contribution in [3.8, 4) is 5.75 Å². The Labute approximate surface area is 263 Å². The molecule has 0 unspecified atom stereocenters. The number of alkyl halides is 5. The quantitative estimate of drug-likeness (QED) is 0.309. The Morgan fingerprint density at radius 2 is 1.70 bits per heavy atom. The molecule has 1 amide bonds. The molecule has 4 aliphatic carbocycles. The fourth-order valence-corrected chi connectivity index (χ4v) is 8.54. The van der Waals surface area contributed by atoms with Gasteiger partial charge in [-0.2, -0.15) is 22.0 Å². The van der Waals surface area contributed by atoms with E-state index < -0.39 is 47.5 Å². The Kier molecular flexibility index (Phi) is 8.06. The average molecular weight is 646 g/mol. The standard InChI is InChI=1S/C35H36F5NO5/c1-32-18-28(21-5-3-20(4-6-21)19-46-31(43)41-23-8-11-25(45-2)12-9-23)30-26-14-10-24(42)17-22(26)7-13-27(30)29(32)15-16-33(32,44)34(36,37)35(38,39)40/h3-6,8-9,11-12,17,27-29,44H,7,10,13-16,18-19H2,1-2H3,(H,41,43)/t27-,28+,29-,32-,33-/m0/s1. The van der Waals surface area contributed by atoms with Gasteiger partial charge in [-0.05, 0) is 103 Å². The number of methoxy groups -OCH3 is 1. The number of halogens is 5. The summed E-state index contributed by atoms with van der Waals surface area (Å²) >= 11 is 0. The number of hydrogen-bond acceptors (Lipinski definition) is 5. The normalized spacial score (nSPS) is 29.3. The highest BCUT2D eigenvalue weighted by atomic mass is 19.4. The second-order valence-electron chi connectivity index (χ2n) is 13.1. The first-order chi connectivity index (χ1) is 21.7. The van der Waals surface area contributed by atoms with Crippen LogP contribution in [0.15, 0.2) is 71.3 Å². The molecule has 0 aromatic heterocycles. The maximum absolute atomic E-state index is 15.2. The Balaban J connectivity index is 1.29. The number of ether oxygens (including phenoxy) is 2. The Bertz CT molecular complexity index is 1580. The van der Waals surface area contributed by atoms with E-state index in [0.717, 1.165) is 16.7 Å². The van der Waals surface area contributed by atoms with E-state index in [9.17, 15) is 27.9 Å². The fraction of sp³-hybridized carbons (Fsp3) is 0.486. The van der Waals surface area contributed by atoms with Gasteiger partial charge in [0.25, 0.3) is 0 Å². The highest BCUT2D eigenvalue weighted by Gasteiger charge is 2.79. The summed E-state index contributed by atoms with van der Waals surface area (Å²) in [6, 6.07) is 13.7. The third-order valence-electron chi connectivity index (χ3n) is 10.9. The zero-order valence-corrected chi connectivity index (χ0v) is 25.6. The van der Waals surface area contributed by atoms with E-state index >= 15 is 8.78 Å². The molecular formula is C35H36F5NO5.